The Morgan fingerprint density at radius 2 is 1.77 bits per heavy atom. The Balaban J connectivity index is 1.93. The highest BCUT2D eigenvalue weighted by Gasteiger charge is 2.19. The first-order valence-electron chi connectivity index (χ1n) is 9.11. The molecule has 3 aromatic rings. The first-order chi connectivity index (χ1) is 14.3. The molecule has 0 fully saturated rings. The zero-order valence-electron chi connectivity index (χ0n) is 17.1. The standard InChI is InChI=1S/C22H21FN2O5/c1-13-11-19(30-18-10-9-17(22(27)29-4)20(23)14(18)2)21(26)25(24-13)12-15-5-7-16(28-3)8-6-15/h5-11H,12H2,1-4H3. The molecule has 0 aliphatic carbocycles. The van der Waals surface area contributed by atoms with Gasteiger partial charge < -0.3 is 14.2 Å². The smallest absolute Gasteiger partial charge is 0.340 e. The molecule has 0 atom stereocenters. The molecule has 7 nitrogen and oxygen atoms in total. The number of carbonyl (C=O) groups is 1. The number of esters is 1. The third kappa shape index (κ3) is 4.32. The molecule has 0 aliphatic heterocycles. The molecule has 30 heavy (non-hydrogen) atoms. The SMILES string of the molecule is COC(=O)c1ccc(Oc2cc(C)nn(Cc3ccc(OC)cc3)c2=O)c(C)c1F. The van der Waals surface area contributed by atoms with Crippen LogP contribution in [0.15, 0.2) is 47.3 Å². The number of aryl methyl sites for hydroxylation is 1. The van der Waals surface area contributed by atoms with E-state index in [1.807, 2.05) is 12.1 Å². The van der Waals surface area contributed by atoms with Crippen molar-refractivity contribution in [3.63, 3.8) is 0 Å². The number of hydrogen-bond donors (Lipinski definition) is 0. The number of halogens is 1. The topological polar surface area (TPSA) is 79.7 Å². The van der Waals surface area contributed by atoms with Crippen LogP contribution in [-0.4, -0.2) is 30.0 Å². The molecule has 0 radical (unpaired) electrons. The molecule has 0 unspecified atom stereocenters. The molecular formula is C22H21FN2O5. The van der Waals surface area contributed by atoms with Crippen LogP contribution in [0.5, 0.6) is 17.2 Å². The predicted octanol–water partition coefficient (Wildman–Crippen LogP) is 3.64. The molecule has 2 aromatic carbocycles. The van der Waals surface area contributed by atoms with E-state index in [2.05, 4.69) is 9.84 Å². The monoisotopic (exact) mass is 412 g/mol. The number of methoxy groups -OCH3 is 2. The van der Waals surface area contributed by atoms with Crippen LogP contribution < -0.4 is 15.0 Å². The number of aromatic nitrogens is 2. The van der Waals surface area contributed by atoms with Gasteiger partial charge in [0.25, 0.3) is 0 Å². The summed E-state index contributed by atoms with van der Waals surface area (Å²) >= 11 is 0. The number of carbonyl (C=O) groups excluding carboxylic acids is 1. The third-order valence-corrected chi connectivity index (χ3v) is 4.52. The molecule has 0 saturated heterocycles. The van der Waals surface area contributed by atoms with Gasteiger partial charge in [-0.2, -0.15) is 5.10 Å². The van der Waals surface area contributed by atoms with E-state index in [9.17, 15) is 14.0 Å². The lowest BCUT2D eigenvalue weighted by Gasteiger charge is -2.13. The van der Waals surface area contributed by atoms with Crippen molar-refractivity contribution in [1.29, 1.82) is 0 Å². The van der Waals surface area contributed by atoms with Gasteiger partial charge in [0.15, 0.2) is 5.75 Å². The zero-order valence-corrected chi connectivity index (χ0v) is 17.1. The summed E-state index contributed by atoms with van der Waals surface area (Å²) in [6.45, 7) is 3.42. The Hall–Kier alpha value is -3.68. The van der Waals surface area contributed by atoms with Crippen molar-refractivity contribution in [2.24, 2.45) is 0 Å². The lowest BCUT2D eigenvalue weighted by molar-refractivity contribution is 0.0595. The molecule has 0 aliphatic rings. The van der Waals surface area contributed by atoms with Crippen LogP contribution in [0.2, 0.25) is 0 Å². The van der Waals surface area contributed by atoms with Crippen LogP contribution in [0.3, 0.4) is 0 Å². The van der Waals surface area contributed by atoms with E-state index in [1.54, 1.807) is 26.2 Å². The second-order valence-electron chi connectivity index (χ2n) is 6.60. The van der Waals surface area contributed by atoms with Crippen molar-refractivity contribution in [1.82, 2.24) is 9.78 Å². The summed E-state index contributed by atoms with van der Waals surface area (Å²) in [6, 6.07) is 11.4. The molecule has 156 valence electrons. The average molecular weight is 412 g/mol. The minimum atomic E-state index is -0.788. The quantitative estimate of drug-likeness (QED) is 0.575. The van der Waals surface area contributed by atoms with Gasteiger partial charge in [-0.05, 0) is 43.7 Å². The molecule has 0 bridgehead atoms. The predicted molar refractivity (Wildman–Crippen MR) is 108 cm³/mol. The fourth-order valence-corrected chi connectivity index (χ4v) is 2.89. The van der Waals surface area contributed by atoms with E-state index >= 15 is 0 Å². The normalized spacial score (nSPS) is 10.6. The van der Waals surface area contributed by atoms with Crippen molar-refractivity contribution in [2.75, 3.05) is 14.2 Å². The maximum atomic E-state index is 14.5. The van der Waals surface area contributed by atoms with E-state index in [1.165, 1.54) is 36.9 Å². The van der Waals surface area contributed by atoms with Crippen LogP contribution in [-0.2, 0) is 11.3 Å². The van der Waals surface area contributed by atoms with Crippen LogP contribution in [0.25, 0.3) is 0 Å². The first-order valence-corrected chi connectivity index (χ1v) is 9.11. The highest BCUT2D eigenvalue weighted by Crippen LogP contribution is 2.27. The Labute approximate surface area is 172 Å². The fourth-order valence-electron chi connectivity index (χ4n) is 2.89. The average Bonchev–Trinajstić information content (AvgIpc) is 2.74. The van der Waals surface area contributed by atoms with E-state index in [0.717, 1.165) is 5.56 Å². The van der Waals surface area contributed by atoms with Gasteiger partial charge in [0.2, 0.25) is 0 Å². The molecule has 3 rings (SSSR count). The van der Waals surface area contributed by atoms with Gasteiger partial charge in [0.1, 0.15) is 17.3 Å². The van der Waals surface area contributed by atoms with Crippen LogP contribution >= 0.6 is 0 Å². The van der Waals surface area contributed by atoms with Crippen LogP contribution in [0, 0.1) is 19.7 Å². The van der Waals surface area contributed by atoms with Crippen molar-refractivity contribution in [3.05, 3.63) is 81.0 Å². The lowest BCUT2D eigenvalue weighted by Crippen LogP contribution is -2.25. The summed E-state index contributed by atoms with van der Waals surface area (Å²) in [4.78, 5) is 24.5. The lowest BCUT2D eigenvalue weighted by atomic mass is 10.1. The van der Waals surface area contributed by atoms with Crippen molar-refractivity contribution in [2.45, 2.75) is 20.4 Å². The van der Waals surface area contributed by atoms with Gasteiger partial charge in [-0.1, -0.05) is 12.1 Å². The van der Waals surface area contributed by atoms with E-state index < -0.39 is 17.3 Å². The Morgan fingerprint density at radius 3 is 2.40 bits per heavy atom. The van der Waals surface area contributed by atoms with Gasteiger partial charge in [0.05, 0.1) is 32.0 Å². The van der Waals surface area contributed by atoms with E-state index in [0.29, 0.717) is 11.4 Å². The highest BCUT2D eigenvalue weighted by atomic mass is 19.1. The van der Waals surface area contributed by atoms with E-state index in [4.69, 9.17) is 9.47 Å². The van der Waals surface area contributed by atoms with Crippen LogP contribution in [0.4, 0.5) is 4.39 Å². The summed E-state index contributed by atoms with van der Waals surface area (Å²) in [6.07, 6.45) is 0. The van der Waals surface area contributed by atoms with E-state index in [-0.39, 0.29) is 29.2 Å². The van der Waals surface area contributed by atoms with Crippen LogP contribution in [0.1, 0.15) is 27.2 Å². The van der Waals surface area contributed by atoms with Gasteiger partial charge in [0, 0.05) is 11.6 Å². The Kier molecular flexibility index (Phi) is 6.15. The Bertz CT molecular complexity index is 1140. The molecule has 1 heterocycles. The Morgan fingerprint density at radius 1 is 1.07 bits per heavy atom. The highest BCUT2D eigenvalue weighted by molar-refractivity contribution is 5.90. The zero-order chi connectivity index (χ0) is 21.8. The molecular weight excluding hydrogens is 391 g/mol. The summed E-state index contributed by atoms with van der Waals surface area (Å²) < 4.78 is 31.2. The number of ether oxygens (including phenoxy) is 3. The summed E-state index contributed by atoms with van der Waals surface area (Å²) in [5.41, 5.74) is 0.834. The molecule has 1 aromatic heterocycles. The van der Waals surface area contributed by atoms with Crippen molar-refractivity contribution in [3.8, 4) is 17.2 Å². The third-order valence-electron chi connectivity index (χ3n) is 4.52. The second kappa shape index (κ2) is 8.77. The number of benzene rings is 2. The number of rotatable bonds is 6. The van der Waals surface area contributed by atoms with Gasteiger partial charge in [-0.3, -0.25) is 4.79 Å². The fraction of sp³-hybridized carbons (Fsp3) is 0.227. The number of nitrogens with zero attached hydrogens (tertiary/aromatic N) is 2. The molecule has 0 amide bonds. The van der Waals surface area contributed by atoms with Crippen molar-refractivity contribution >= 4 is 5.97 Å². The molecule has 0 N–H and O–H groups in total. The minimum absolute atomic E-state index is 0.00401. The maximum absolute atomic E-state index is 14.5. The molecule has 8 heteroatoms. The largest absolute Gasteiger partial charge is 0.497 e. The van der Waals surface area contributed by atoms with Crippen molar-refractivity contribution < 1.29 is 23.4 Å². The summed E-state index contributed by atoms with van der Waals surface area (Å²) in [5.74, 6) is -0.712. The molecule has 0 saturated carbocycles. The van der Waals surface area contributed by atoms with Gasteiger partial charge >= 0.3 is 11.5 Å². The number of hydrogen-bond acceptors (Lipinski definition) is 6. The minimum Gasteiger partial charge on any atom is -0.497 e. The summed E-state index contributed by atoms with van der Waals surface area (Å²) in [5, 5.41) is 4.26. The van der Waals surface area contributed by atoms with Gasteiger partial charge in [-0.15, -0.1) is 0 Å². The second-order valence-corrected chi connectivity index (χ2v) is 6.60. The summed E-state index contributed by atoms with van der Waals surface area (Å²) in [7, 11) is 2.75. The maximum Gasteiger partial charge on any atom is 0.340 e. The molecule has 0 spiro atoms. The first kappa shape index (κ1) is 21.0. The van der Waals surface area contributed by atoms with Gasteiger partial charge in [-0.25, -0.2) is 13.9 Å².